The van der Waals surface area contributed by atoms with Gasteiger partial charge >= 0.3 is 0 Å². The molecule has 0 aliphatic heterocycles. The Morgan fingerprint density at radius 2 is 1.85 bits per heavy atom. The largest absolute Gasteiger partial charge is 0.394 e. The Bertz CT molecular complexity index is 1380. The van der Waals surface area contributed by atoms with Crippen molar-refractivity contribution in [2.24, 2.45) is 0 Å². The SMILES string of the molecule is CC(C)(CO)n1cc(C(=O)c2cncc(NC(=O)Cc3ccc(F)cn3)c2)c2cncc(F)c21. The highest BCUT2D eigenvalue weighted by atomic mass is 19.1. The topological polar surface area (TPSA) is 110 Å². The maximum atomic E-state index is 14.6. The molecule has 0 aliphatic carbocycles. The third kappa shape index (κ3) is 4.53. The molecule has 4 heterocycles. The van der Waals surface area contributed by atoms with E-state index >= 15 is 0 Å². The number of aliphatic hydroxyl groups excluding tert-OH is 1. The van der Waals surface area contributed by atoms with Crippen molar-refractivity contribution in [3.63, 3.8) is 0 Å². The number of rotatable bonds is 7. The number of halogens is 2. The van der Waals surface area contributed by atoms with Crippen molar-refractivity contribution in [3.8, 4) is 0 Å². The number of aromatic nitrogens is 4. The molecule has 4 aromatic rings. The van der Waals surface area contributed by atoms with Gasteiger partial charge in [-0.1, -0.05) is 0 Å². The van der Waals surface area contributed by atoms with E-state index in [1.807, 2.05) is 0 Å². The maximum Gasteiger partial charge on any atom is 0.230 e. The zero-order valence-electron chi connectivity index (χ0n) is 18.4. The Morgan fingerprint density at radius 1 is 1.09 bits per heavy atom. The summed E-state index contributed by atoms with van der Waals surface area (Å²) in [5.41, 5.74) is 0.296. The molecule has 0 aliphatic rings. The lowest BCUT2D eigenvalue weighted by Gasteiger charge is -2.25. The molecule has 1 amide bonds. The van der Waals surface area contributed by atoms with Gasteiger partial charge in [-0.3, -0.25) is 24.5 Å². The van der Waals surface area contributed by atoms with Crippen LogP contribution in [0.3, 0.4) is 0 Å². The zero-order chi connectivity index (χ0) is 24.5. The smallest absolute Gasteiger partial charge is 0.230 e. The van der Waals surface area contributed by atoms with E-state index in [1.54, 1.807) is 13.8 Å². The summed E-state index contributed by atoms with van der Waals surface area (Å²) in [6.45, 7) is 3.15. The number of hydrogen-bond acceptors (Lipinski definition) is 6. The van der Waals surface area contributed by atoms with Crippen molar-refractivity contribution >= 4 is 28.3 Å². The van der Waals surface area contributed by atoms with Crippen LogP contribution in [0.25, 0.3) is 10.9 Å². The predicted octanol–water partition coefficient (Wildman–Crippen LogP) is 3.24. The lowest BCUT2D eigenvalue weighted by molar-refractivity contribution is -0.115. The van der Waals surface area contributed by atoms with Crippen LogP contribution in [0.2, 0.25) is 0 Å². The summed E-state index contributed by atoms with van der Waals surface area (Å²) < 4.78 is 29.2. The fourth-order valence-electron chi connectivity index (χ4n) is 3.54. The highest BCUT2D eigenvalue weighted by molar-refractivity contribution is 6.16. The van der Waals surface area contributed by atoms with Gasteiger partial charge in [-0.2, -0.15) is 0 Å². The van der Waals surface area contributed by atoms with Crippen LogP contribution < -0.4 is 5.32 Å². The van der Waals surface area contributed by atoms with E-state index in [9.17, 15) is 23.5 Å². The zero-order valence-corrected chi connectivity index (χ0v) is 18.4. The molecular formula is C24H21F2N5O3. The second-order valence-electron chi connectivity index (χ2n) is 8.38. The number of fused-ring (bicyclic) bond motifs is 1. The Hall–Kier alpha value is -4.05. The van der Waals surface area contributed by atoms with Gasteiger partial charge in [0.15, 0.2) is 11.6 Å². The molecule has 0 unspecified atom stereocenters. The van der Waals surface area contributed by atoms with Crippen molar-refractivity contribution in [1.82, 2.24) is 19.5 Å². The molecule has 0 fully saturated rings. The Morgan fingerprint density at radius 3 is 2.56 bits per heavy atom. The molecule has 0 saturated heterocycles. The van der Waals surface area contributed by atoms with Crippen molar-refractivity contribution in [2.75, 3.05) is 11.9 Å². The number of ketones is 1. The summed E-state index contributed by atoms with van der Waals surface area (Å²) in [6, 6.07) is 4.07. The van der Waals surface area contributed by atoms with E-state index in [2.05, 4.69) is 20.3 Å². The summed E-state index contributed by atoms with van der Waals surface area (Å²) in [5.74, 6) is -1.99. The first kappa shape index (κ1) is 23.1. The van der Waals surface area contributed by atoms with Crippen molar-refractivity contribution in [2.45, 2.75) is 25.8 Å². The van der Waals surface area contributed by atoms with Crippen LogP contribution in [0.15, 0.2) is 55.4 Å². The minimum Gasteiger partial charge on any atom is -0.394 e. The van der Waals surface area contributed by atoms with Crippen LogP contribution in [0.1, 0.15) is 35.5 Å². The Kier molecular flexibility index (Phi) is 6.16. The molecule has 34 heavy (non-hydrogen) atoms. The minimum atomic E-state index is -0.874. The molecule has 0 radical (unpaired) electrons. The number of nitrogens with zero attached hydrogens (tertiary/aromatic N) is 4. The average molecular weight is 465 g/mol. The first-order valence-electron chi connectivity index (χ1n) is 10.4. The standard InChI is InChI=1S/C24H21F2N5O3/c1-24(2,13-32)31-12-19(18-10-28-11-20(26)22(18)31)23(34)14-5-17(9-27-7-14)30-21(33)6-16-4-3-15(25)8-29-16/h3-5,7-12,32H,6,13H2,1-2H3,(H,30,33). The lowest BCUT2D eigenvalue weighted by atomic mass is 10.0. The van der Waals surface area contributed by atoms with Crippen LogP contribution in [-0.2, 0) is 16.8 Å². The van der Waals surface area contributed by atoms with Crippen molar-refractivity contribution in [3.05, 3.63) is 83.8 Å². The number of pyridine rings is 3. The van der Waals surface area contributed by atoms with Gasteiger partial charge in [0.1, 0.15) is 5.82 Å². The molecule has 10 heteroatoms. The van der Waals surface area contributed by atoms with E-state index in [4.69, 9.17) is 0 Å². The van der Waals surface area contributed by atoms with Crippen LogP contribution >= 0.6 is 0 Å². The molecule has 0 bridgehead atoms. The molecule has 0 atom stereocenters. The van der Waals surface area contributed by atoms with Crippen LogP contribution in [-0.4, -0.2) is 42.9 Å². The van der Waals surface area contributed by atoms with Gasteiger partial charge in [-0.25, -0.2) is 8.78 Å². The van der Waals surface area contributed by atoms with Crippen LogP contribution in [0.5, 0.6) is 0 Å². The van der Waals surface area contributed by atoms with Gasteiger partial charge in [0.25, 0.3) is 0 Å². The molecule has 8 nitrogen and oxygen atoms in total. The molecular weight excluding hydrogens is 444 g/mol. The third-order valence-corrected chi connectivity index (χ3v) is 5.36. The van der Waals surface area contributed by atoms with Gasteiger partial charge in [-0.05, 0) is 32.0 Å². The molecule has 0 spiro atoms. The maximum absolute atomic E-state index is 14.6. The quantitative estimate of drug-likeness (QED) is 0.406. The second kappa shape index (κ2) is 9.06. The van der Waals surface area contributed by atoms with Gasteiger partial charge in [0.2, 0.25) is 5.91 Å². The lowest BCUT2D eigenvalue weighted by Crippen LogP contribution is -2.30. The molecule has 174 valence electrons. The first-order chi connectivity index (χ1) is 16.2. The van der Waals surface area contributed by atoms with E-state index in [-0.39, 0.29) is 35.4 Å². The van der Waals surface area contributed by atoms with E-state index in [0.717, 1.165) is 12.4 Å². The Balaban J connectivity index is 1.63. The minimum absolute atomic E-state index is 0.0901. The van der Waals surface area contributed by atoms with Crippen LogP contribution in [0.4, 0.5) is 14.5 Å². The number of amides is 1. The fourth-order valence-corrected chi connectivity index (χ4v) is 3.54. The molecule has 4 aromatic heterocycles. The van der Waals surface area contributed by atoms with Gasteiger partial charge in [-0.15, -0.1) is 0 Å². The monoisotopic (exact) mass is 465 g/mol. The summed E-state index contributed by atoms with van der Waals surface area (Å²) in [5, 5.41) is 12.7. The van der Waals surface area contributed by atoms with Crippen molar-refractivity contribution in [1.29, 1.82) is 0 Å². The summed E-state index contributed by atoms with van der Waals surface area (Å²) in [7, 11) is 0. The van der Waals surface area contributed by atoms with Crippen LogP contribution in [0, 0.1) is 11.6 Å². The number of aliphatic hydroxyl groups is 1. The van der Waals surface area contributed by atoms with E-state index in [1.165, 1.54) is 47.6 Å². The number of carbonyl (C=O) groups excluding carboxylic acids is 2. The second-order valence-corrected chi connectivity index (χ2v) is 8.38. The number of anilines is 1. The predicted molar refractivity (Wildman–Crippen MR) is 120 cm³/mol. The number of carbonyl (C=O) groups is 2. The first-order valence-corrected chi connectivity index (χ1v) is 10.4. The number of nitrogens with one attached hydrogen (secondary N) is 1. The molecule has 0 aromatic carbocycles. The Labute approximate surface area is 193 Å². The van der Waals surface area contributed by atoms with Crippen molar-refractivity contribution < 1.29 is 23.5 Å². The van der Waals surface area contributed by atoms with E-state index in [0.29, 0.717) is 11.1 Å². The highest BCUT2D eigenvalue weighted by Crippen LogP contribution is 2.30. The molecule has 0 saturated carbocycles. The summed E-state index contributed by atoms with van der Waals surface area (Å²) >= 11 is 0. The summed E-state index contributed by atoms with van der Waals surface area (Å²) in [6.07, 6.45) is 7.58. The molecule has 2 N–H and O–H groups in total. The van der Waals surface area contributed by atoms with Gasteiger partial charge in [0.05, 0.1) is 48.4 Å². The number of hydrogen-bond donors (Lipinski definition) is 2. The molecule has 4 rings (SSSR count). The van der Waals surface area contributed by atoms with E-state index < -0.39 is 28.9 Å². The van der Waals surface area contributed by atoms with Gasteiger partial charge < -0.3 is 15.0 Å². The third-order valence-electron chi connectivity index (χ3n) is 5.36. The van der Waals surface area contributed by atoms with Gasteiger partial charge in [0, 0.05) is 40.8 Å². The normalized spacial score (nSPS) is 11.6. The summed E-state index contributed by atoms with van der Waals surface area (Å²) in [4.78, 5) is 37.4. The highest BCUT2D eigenvalue weighted by Gasteiger charge is 2.27. The fraction of sp³-hybridized carbons (Fsp3) is 0.208. The average Bonchev–Trinajstić information content (AvgIpc) is 3.22.